The van der Waals surface area contributed by atoms with Crippen molar-refractivity contribution in [1.29, 1.82) is 0 Å². The maximum absolute atomic E-state index is 11.8. The SMILES string of the molecule is CCN(CC)c1cnn(CCC(C)=O)c(=O)c1. The summed E-state index contributed by atoms with van der Waals surface area (Å²) in [5.41, 5.74) is 0.676. The normalized spacial score (nSPS) is 10.3. The number of aryl methyl sites for hydroxylation is 1. The lowest BCUT2D eigenvalue weighted by atomic mass is 10.3. The molecule has 17 heavy (non-hydrogen) atoms. The predicted octanol–water partition coefficient (Wildman–Crippen LogP) is 1.07. The molecule has 0 unspecified atom stereocenters. The van der Waals surface area contributed by atoms with Crippen molar-refractivity contribution in [2.75, 3.05) is 18.0 Å². The monoisotopic (exact) mass is 237 g/mol. The van der Waals surface area contributed by atoms with E-state index in [1.165, 1.54) is 11.6 Å². The van der Waals surface area contributed by atoms with Crippen LogP contribution in [0, 0.1) is 0 Å². The first-order valence-electron chi connectivity index (χ1n) is 5.90. The number of anilines is 1. The fourth-order valence-electron chi connectivity index (χ4n) is 1.62. The van der Waals surface area contributed by atoms with Gasteiger partial charge in [0.15, 0.2) is 0 Å². The molecule has 0 aliphatic heterocycles. The van der Waals surface area contributed by atoms with Crippen molar-refractivity contribution in [3.05, 3.63) is 22.6 Å². The first-order chi connectivity index (χ1) is 8.08. The molecule has 0 saturated heterocycles. The summed E-state index contributed by atoms with van der Waals surface area (Å²) < 4.78 is 1.33. The molecule has 94 valence electrons. The van der Waals surface area contributed by atoms with E-state index in [1.54, 1.807) is 12.3 Å². The van der Waals surface area contributed by atoms with Crippen LogP contribution in [0.2, 0.25) is 0 Å². The van der Waals surface area contributed by atoms with Gasteiger partial charge in [-0.15, -0.1) is 0 Å². The van der Waals surface area contributed by atoms with Crippen LogP contribution in [0.25, 0.3) is 0 Å². The van der Waals surface area contributed by atoms with Crippen LogP contribution in [-0.4, -0.2) is 28.7 Å². The number of aromatic nitrogens is 2. The van der Waals surface area contributed by atoms with E-state index in [9.17, 15) is 9.59 Å². The minimum atomic E-state index is -0.157. The Labute approximate surface area is 101 Å². The van der Waals surface area contributed by atoms with Gasteiger partial charge in [-0.05, 0) is 20.8 Å². The quantitative estimate of drug-likeness (QED) is 0.742. The number of nitrogens with zero attached hydrogens (tertiary/aromatic N) is 3. The summed E-state index contributed by atoms with van der Waals surface area (Å²) in [6.45, 7) is 7.61. The van der Waals surface area contributed by atoms with Crippen LogP contribution < -0.4 is 10.5 Å². The molecule has 0 fully saturated rings. The molecule has 1 rings (SSSR count). The fourth-order valence-corrected chi connectivity index (χ4v) is 1.62. The molecule has 0 saturated carbocycles. The molecule has 0 N–H and O–H groups in total. The molecule has 5 nitrogen and oxygen atoms in total. The van der Waals surface area contributed by atoms with E-state index in [0.29, 0.717) is 13.0 Å². The molecule has 1 heterocycles. The van der Waals surface area contributed by atoms with Crippen LogP contribution in [0.4, 0.5) is 5.69 Å². The summed E-state index contributed by atoms with van der Waals surface area (Å²) >= 11 is 0. The molecule has 0 amide bonds. The topological polar surface area (TPSA) is 55.2 Å². The molecule has 1 aromatic heterocycles. The average Bonchev–Trinajstić information content (AvgIpc) is 2.29. The van der Waals surface area contributed by atoms with Crippen LogP contribution in [-0.2, 0) is 11.3 Å². The van der Waals surface area contributed by atoms with Gasteiger partial charge in [-0.3, -0.25) is 9.59 Å². The van der Waals surface area contributed by atoms with E-state index in [2.05, 4.69) is 10.00 Å². The zero-order chi connectivity index (χ0) is 12.8. The van der Waals surface area contributed by atoms with Crippen LogP contribution in [0.3, 0.4) is 0 Å². The molecule has 0 bridgehead atoms. The number of rotatable bonds is 6. The summed E-state index contributed by atoms with van der Waals surface area (Å²) in [5, 5.41) is 4.08. The third-order valence-electron chi connectivity index (χ3n) is 2.66. The Morgan fingerprint density at radius 3 is 2.53 bits per heavy atom. The van der Waals surface area contributed by atoms with Gasteiger partial charge in [0.25, 0.3) is 5.56 Å². The molecule has 0 aromatic carbocycles. The summed E-state index contributed by atoms with van der Waals surface area (Å²) in [6.07, 6.45) is 2.02. The minimum absolute atomic E-state index is 0.0616. The van der Waals surface area contributed by atoms with E-state index in [4.69, 9.17) is 0 Å². The van der Waals surface area contributed by atoms with E-state index < -0.39 is 0 Å². The summed E-state index contributed by atoms with van der Waals surface area (Å²) in [5.74, 6) is 0.0616. The second-order valence-corrected chi connectivity index (χ2v) is 3.90. The maximum Gasteiger partial charge on any atom is 0.268 e. The van der Waals surface area contributed by atoms with Gasteiger partial charge in [0.05, 0.1) is 18.4 Å². The number of ketones is 1. The Balaban J connectivity index is 2.86. The fraction of sp³-hybridized carbons (Fsp3) is 0.583. The van der Waals surface area contributed by atoms with Crippen molar-refractivity contribution in [2.45, 2.75) is 33.7 Å². The predicted molar refractivity (Wildman–Crippen MR) is 67.4 cm³/mol. The lowest BCUT2D eigenvalue weighted by Gasteiger charge is -2.20. The Bertz CT molecular complexity index is 436. The van der Waals surface area contributed by atoms with Gasteiger partial charge in [0.1, 0.15) is 5.78 Å². The number of hydrogen-bond donors (Lipinski definition) is 0. The second-order valence-electron chi connectivity index (χ2n) is 3.90. The van der Waals surface area contributed by atoms with Crippen LogP contribution in [0.15, 0.2) is 17.1 Å². The van der Waals surface area contributed by atoms with Crippen LogP contribution in [0.1, 0.15) is 27.2 Å². The highest BCUT2D eigenvalue weighted by Gasteiger charge is 2.05. The van der Waals surface area contributed by atoms with Crippen molar-refractivity contribution in [3.8, 4) is 0 Å². The van der Waals surface area contributed by atoms with Crippen molar-refractivity contribution >= 4 is 11.5 Å². The van der Waals surface area contributed by atoms with Crippen molar-refractivity contribution in [3.63, 3.8) is 0 Å². The lowest BCUT2D eigenvalue weighted by molar-refractivity contribution is -0.117. The van der Waals surface area contributed by atoms with Gasteiger partial charge < -0.3 is 4.90 Å². The van der Waals surface area contributed by atoms with E-state index in [1.807, 2.05) is 13.8 Å². The Morgan fingerprint density at radius 2 is 2.06 bits per heavy atom. The molecule has 0 radical (unpaired) electrons. The largest absolute Gasteiger partial charge is 0.371 e. The lowest BCUT2D eigenvalue weighted by Crippen LogP contribution is -2.28. The molecule has 0 spiro atoms. The number of hydrogen-bond acceptors (Lipinski definition) is 4. The second kappa shape index (κ2) is 6.18. The highest BCUT2D eigenvalue weighted by atomic mass is 16.1. The van der Waals surface area contributed by atoms with E-state index in [-0.39, 0.29) is 11.3 Å². The van der Waals surface area contributed by atoms with Gasteiger partial charge >= 0.3 is 0 Å². The first kappa shape index (κ1) is 13.4. The molecule has 0 aliphatic rings. The zero-order valence-corrected chi connectivity index (χ0v) is 10.6. The third-order valence-corrected chi connectivity index (χ3v) is 2.66. The third kappa shape index (κ3) is 3.69. The highest BCUT2D eigenvalue weighted by molar-refractivity contribution is 5.75. The first-order valence-corrected chi connectivity index (χ1v) is 5.90. The molecule has 1 aromatic rings. The van der Waals surface area contributed by atoms with E-state index in [0.717, 1.165) is 18.8 Å². The molecule has 5 heteroatoms. The van der Waals surface area contributed by atoms with Gasteiger partial charge in [-0.1, -0.05) is 0 Å². The zero-order valence-electron chi connectivity index (χ0n) is 10.6. The van der Waals surface area contributed by atoms with Crippen LogP contribution in [0.5, 0.6) is 0 Å². The number of Topliss-reactive ketones (excluding diaryl/α,β-unsaturated/α-hetero) is 1. The van der Waals surface area contributed by atoms with Gasteiger partial charge in [0, 0.05) is 25.6 Å². The van der Waals surface area contributed by atoms with Crippen molar-refractivity contribution in [2.24, 2.45) is 0 Å². The Hall–Kier alpha value is -1.65. The molecular weight excluding hydrogens is 218 g/mol. The Morgan fingerprint density at radius 1 is 1.41 bits per heavy atom. The molecule has 0 atom stereocenters. The molecule has 0 aliphatic carbocycles. The van der Waals surface area contributed by atoms with E-state index >= 15 is 0 Å². The number of carbonyl (C=O) groups excluding carboxylic acids is 1. The van der Waals surface area contributed by atoms with Gasteiger partial charge in [0.2, 0.25) is 0 Å². The summed E-state index contributed by atoms with van der Waals surface area (Å²) in [7, 11) is 0. The highest BCUT2D eigenvalue weighted by Crippen LogP contribution is 2.08. The smallest absolute Gasteiger partial charge is 0.268 e. The van der Waals surface area contributed by atoms with Gasteiger partial charge in [-0.2, -0.15) is 5.10 Å². The van der Waals surface area contributed by atoms with Gasteiger partial charge in [-0.25, -0.2) is 4.68 Å². The van der Waals surface area contributed by atoms with Crippen molar-refractivity contribution < 1.29 is 4.79 Å². The average molecular weight is 237 g/mol. The summed E-state index contributed by atoms with van der Waals surface area (Å²) in [6, 6.07) is 1.57. The minimum Gasteiger partial charge on any atom is -0.371 e. The summed E-state index contributed by atoms with van der Waals surface area (Å²) in [4.78, 5) is 24.7. The Kier molecular flexibility index (Phi) is 4.87. The number of carbonyl (C=O) groups is 1. The maximum atomic E-state index is 11.8. The van der Waals surface area contributed by atoms with Crippen LogP contribution >= 0.6 is 0 Å². The standard InChI is InChI=1S/C12H19N3O2/c1-4-14(5-2)11-8-12(17)15(13-9-11)7-6-10(3)16/h8-9H,4-7H2,1-3H3. The molecular formula is C12H19N3O2. The van der Waals surface area contributed by atoms with Crippen molar-refractivity contribution in [1.82, 2.24) is 9.78 Å².